The first-order valence-electron chi connectivity index (χ1n) is 9.83. The fourth-order valence-electron chi connectivity index (χ4n) is 3.04. The number of fused-ring (bicyclic) bond motifs is 1. The molecule has 3 rings (SSSR count). The number of halogens is 1. The summed E-state index contributed by atoms with van der Waals surface area (Å²) >= 11 is 7.59. The van der Waals surface area contributed by atoms with Crippen LogP contribution in [0.4, 0.5) is 0 Å². The molecule has 2 amide bonds. The lowest BCUT2D eigenvalue weighted by Crippen LogP contribution is -2.46. The number of hydrogen-bond donors (Lipinski definition) is 3. The van der Waals surface area contributed by atoms with E-state index in [2.05, 4.69) is 16.0 Å². The van der Waals surface area contributed by atoms with Crippen molar-refractivity contribution in [2.75, 3.05) is 19.8 Å². The van der Waals surface area contributed by atoms with Crippen molar-refractivity contribution in [2.24, 2.45) is 17.4 Å². The highest BCUT2D eigenvalue weighted by atomic mass is 35.5. The lowest BCUT2D eigenvalue weighted by atomic mass is 9.91. The summed E-state index contributed by atoms with van der Waals surface area (Å²) in [5.41, 5.74) is 11.4. The minimum absolute atomic E-state index is 0.0363. The van der Waals surface area contributed by atoms with Gasteiger partial charge in [-0.3, -0.25) is 9.59 Å². The SMILES string of the molecule is CCC(N)=O.NCC(NC(=O)CCc1nc2ccc(Cl)cc2s1)C1CCOCC1. The number of aromatic nitrogens is 1. The smallest absolute Gasteiger partial charge is 0.220 e. The van der Waals surface area contributed by atoms with Crippen LogP contribution in [0.1, 0.15) is 37.6 Å². The number of carbonyl (C=O) groups is 2. The first-order chi connectivity index (χ1) is 13.9. The van der Waals surface area contributed by atoms with Crippen LogP contribution in [0.15, 0.2) is 18.2 Å². The number of nitrogens with zero attached hydrogens (tertiary/aromatic N) is 1. The van der Waals surface area contributed by atoms with Gasteiger partial charge in [0.2, 0.25) is 11.8 Å². The van der Waals surface area contributed by atoms with E-state index < -0.39 is 0 Å². The fraction of sp³-hybridized carbons (Fsp3) is 0.550. The summed E-state index contributed by atoms with van der Waals surface area (Å²) in [7, 11) is 0. The molecule has 5 N–H and O–H groups in total. The van der Waals surface area contributed by atoms with E-state index in [0.717, 1.165) is 41.3 Å². The van der Waals surface area contributed by atoms with E-state index in [1.807, 2.05) is 18.2 Å². The van der Waals surface area contributed by atoms with E-state index in [0.29, 0.717) is 36.7 Å². The molecule has 0 aliphatic carbocycles. The second-order valence-electron chi connectivity index (χ2n) is 6.90. The Bertz CT molecular complexity index is 808. The molecule has 2 aromatic rings. The molecule has 0 saturated carbocycles. The van der Waals surface area contributed by atoms with Gasteiger partial charge in [0.25, 0.3) is 0 Å². The minimum Gasteiger partial charge on any atom is -0.381 e. The maximum atomic E-state index is 12.3. The Hall–Kier alpha value is -1.74. The number of amides is 2. The Morgan fingerprint density at radius 1 is 1.38 bits per heavy atom. The van der Waals surface area contributed by atoms with Crippen LogP contribution in [0.2, 0.25) is 5.02 Å². The van der Waals surface area contributed by atoms with E-state index in [1.54, 1.807) is 18.3 Å². The monoisotopic (exact) mass is 440 g/mol. The molecule has 1 aromatic heterocycles. The Kier molecular flexibility index (Phi) is 9.80. The van der Waals surface area contributed by atoms with Crippen LogP contribution in [0.3, 0.4) is 0 Å². The van der Waals surface area contributed by atoms with Gasteiger partial charge in [-0.15, -0.1) is 11.3 Å². The molecule has 1 fully saturated rings. The van der Waals surface area contributed by atoms with Crippen LogP contribution < -0.4 is 16.8 Å². The Balaban J connectivity index is 0.000000537. The zero-order chi connectivity index (χ0) is 21.2. The molecule has 1 atom stereocenters. The third kappa shape index (κ3) is 7.89. The summed E-state index contributed by atoms with van der Waals surface area (Å²) < 4.78 is 6.43. The molecule has 160 valence electrons. The number of primary amides is 1. The van der Waals surface area contributed by atoms with Crippen LogP contribution >= 0.6 is 22.9 Å². The lowest BCUT2D eigenvalue weighted by Gasteiger charge is -2.30. The summed E-state index contributed by atoms with van der Waals surface area (Å²) in [6, 6.07) is 5.69. The molecule has 9 heteroatoms. The fourth-order valence-corrected chi connectivity index (χ4v) is 4.28. The molecular weight excluding hydrogens is 412 g/mol. The van der Waals surface area contributed by atoms with Gasteiger partial charge in [-0.05, 0) is 37.0 Å². The molecule has 1 aliphatic heterocycles. The highest BCUT2D eigenvalue weighted by Gasteiger charge is 2.24. The maximum absolute atomic E-state index is 12.3. The summed E-state index contributed by atoms with van der Waals surface area (Å²) in [6.45, 7) is 3.70. The van der Waals surface area contributed by atoms with Gasteiger partial charge >= 0.3 is 0 Å². The van der Waals surface area contributed by atoms with Crippen molar-refractivity contribution in [2.45, 2.75) is 45.1 Å². The zero-order valence-electron chi connectivity index (χ0n) is 16.7. The zero-order valence-corrected chi connectivity index (χ0v) is 18.2. The molecule has 7 nitrogen and oxygen atoms in total. The summed E-state index contributed by atoms with van der Waals surface area (Å²) in [5.74, 6) is 0.205. The summed E-state index contributed by atoms with van der Waals surface area (Å²) in [6.07, 6.45) is 3.42. The van der Waals surface area contributed by atoms with Gasteiger partial charge in [-0.1, -0.05) is 18.5 Å². The van der Waals surface area contributed by atoms with Gasteiger partial charge in [-0.2, -0.15) is 0 Å². The molecule has 0 radical (unpaired) electrons. The molecule has 0 spiro atoms. The van der Waals surface area contributed by atoms with Gasteiger partial charge in [0.1, 0.15) is 0 Å². The topological polar surface area (TPSA) is 120 Å². The van der Waals surface area contributed by atoms with Crippen molar-refractivity contribution >= 4 is 45.0 Å². The molecule has 29 heavy (non-hydrogen) atoms. The average Bonchev–Trinajstić information content (AvgIpc) is 3.13. The van der Waals surface area contributed by atoms with Crippen molar-refractivity contribution in [3.8, 4) is 0 Å². The van der Waals surface area contributed by atoms with Crippen molar-refractivity contribution in [3.05, 3.63) is 28.2 Å². The second-order valence-corrected chi connectivity index (χ2v) is 8.45. The summed E-state index contributed by atoms with van der Waals surface area (Å²) in [4.78, 5) is 26.4. The van der Waals surface area contributed by atoms with E-state index in [1.165, 1.54) is 0 Å². The number of nitrogens with one attached hydrogen (secondary N) is 1. The minimum atomic E-state index is -0.245. The van der Waals surface area contributed by atoms with Crippen LogP contribution in [-0.4, -0.2) is 42.6 Å². The van der Waals surface area contributed by atoms with Crippen molar-refractivity contribution in [3.63, 3.8) is 0 Å². The Morgan fingerprint density at radius 2 is 2.07 bits per heavy atom. The molecule has 1 saturated heterocycles. The van der Waals surface area contributed by atoms with Gasteiger partial charge in [0, 0.05) is 50.1 Å². The third-order valence-electron chi connectivity index (χ3n) is 4.74. The van der Waals surface area contributed by atoms with Crippen LogP contribution in [0.25, 0.3) is 10.2 Å². The molecule has 1 aromatic carbocycles. The number of carbonyl (C=O) groups excluding carboxylic acids is 2. The van der Waals surface area contributed by atoms with Crippen molar-refractivity contribution in [1.29, 1.82) is 0 Å². The number of benzene rings is 1. The van der Waals surface area contributed by atoms with Crippen LogP contribution in [-0.2, 0) is 20.7 Å². The first-order valence-corrected chi connectivity index (χ1v) is 11.0. The number of nitrogens with two attached hydrogens (primary N) is 2. The van der Waals surface area contributed by atoms with Crippen LogP contribution in [0.5, 0.6) is 0 Å². The number of hydrogen-bond acceptors (Lipinski definition) is 6. The Morgan fingerprint density at radius 3 is 2.69 bits per heavy atom. The highest BCUT2D eigenvalue weighted by molar-refractivity contribution is 7.18. The second kappa shape index (κ2) is 12.1. The van der Waals surface area contributed by atoms with Gasteiger partial charge < -0.3 is 21.5 Å². The maximum Gasteiger partial charge on any atom is 0.220 e. The first kappa shape index (κ1) is 23.5. The Labute approximate surface area is 180 Å². The largest absolute Gasteiger partial charge is 0.381 e. The van der Waals surface area contributed by atoms with Crippen LogP contribution in [0, 0.1) is 5.92 Å². The molecule has 1 unspecified atom stereocenters. The predicted molar refractivity (Wildman–Crippen MR) is 117 cm³/mol. The molecular formula is C20H29ClN4O3S. The highest BCUT2D eigenvalue weighted by Crippen LogP contribution is 2.26. The number of rotatable bonds is 7. The lowest BCUT2D eigenvalue weighted by molar-refractivity contribution is -0.122. The number of ether oxygens (including phenoxy) is 1. The molecule has 1 aliphatic rings. The van der Waals surface area contributed by atoms with E-state index in [9.17, 15) is 9.59 Å². The van der Waals surface area contributed by atoms with Crippen molar-refractivity contribution in [1.82, 2.24) is 10.3 Å². The third-order valence-corrected chi connectivity index (χ3v) is 6.06. The number of aryl methyl sites for hydroxylation is 1. The van der Waals surface area contributed by atoms with Gasteiger partial charge in [0.15, 0.2) is 0 Å². The van der Waals surface area contributed by atoms with E-state index in [-0.39, 0.29) is 17.9 Å². The molecule has 0 bridgehead atoms. The summed E-state index contributed by atoms with van der Waals surface area (Å²) in [5, 5.41) is 4.75. The van der Waals surface area contributed by atoms with Gasteiger partial charge in [-0.25, -0.2) is 4.98 Å². The number of thiazole rings is 1. The average molecular weight is 441 g/mol. The quantitative estimate of drug-likeness (QED) is 0.611. The van der Waals surface area contributed by atoms with Crippen molar-refractivity contribution < 1.29 is 14.3 Å². The molecule has 2 heterocycles. The van der Waals surface area contributed by atoms with E-state index >= 15 is 0 Å². The van der Waals surface area contributed by atoms with E-state index in [4.69, 9.17) is 22.1 Å². The van der Waals surface area contributed by atoms with Gasteiger partial charge in [0.05, 0.1) is 15.2 Å². The normalized spacial score (nSPS) is 15.4. The standard InChI is InChI=1S/C17H22ClN3O2S.C3H7NO/c18-12-1-2-13-15(9-12)24-17(21-13)4-3-16(22)20-14(10-19)11-5-7-23-8-6-11;1-2-3(4)5/h1-2,9,11,14H,3-8,10,19H2,(H,20,22);2H2,1H3,(H2,4,5). The predicted octanol–water partition coefficient (Wildman–Crippen LogP) is 2.63.